The van der Waals surface area contributed by atoms with E-state index in [1.807, 2.05) is 133 Å². The van der Waals surface area contributed by atoms with Crippen LogP contribution in [0.5, 0.6) is 17.2 Å². The van der Waals surface area contributed by atoms with Gasteiger partial charge in [0.1, 0.15) is 48.4 Å². The molecular formula is C35H28O4. The lowest BCUT2D eigenvalue weighted by Crippen LogP contribution is -1.98. The molecule has 39 heavy (non-hydrogen) atoms. The van der Waals surface area contributed by atoms with E-state index < -0.39 is 0 Å². The second kappa shape index (κ2) is 11.6. The van der Waals surface area contributed by atoms with Gasteiger partial charge in [0, 0.05) is 23.1 Å². The van der Waals surface area contributed by atoms with Crippen LogP contribution in [0.25, 0.3) is 22.3 Å². The van der Waals surface area contributed by atoms with Crippen LogP contribution in [0.4, 0.5) is 0 Å². The predicted molar refractivity (Wildman–Crippen MR) is 154 cm³/mol. The van der Waals surface area contributed by atoms with Gasteiger partial charge in [-0.25, -0.2) is 0 Å². The molecule has 0 saturated carbocycles. The number of hydrogen-bond acceptors (Lipinski definition) is 4. The Labute approximate surface area is 228 Å². The van der Waals surface area contributed by atoms with Crippen LogP contribution >= 0.6 is 0 Å². The van der Waals surface area contributed by atoms with Crippen LogP contribution in [0.1, 0.15) is 16.7 Å². The van der Waals surface area contributed by atoms with Crippen LogP contribution in [-0.2, 0) is 19.8 Å². The van der Waals surface area contributed by atoms with Crippen molar-refractivity contribution in [3.05, 3.63) is 150 Å². The smallest absolute Gasteiger partial charge is 0.138 e. The first kappa shape index (κ1) is 24.4. The van der Waals surface area contributed by atoms with Gasteiger partial charge in [-0.15, -0.1) is 0 Å². The van der Waals surface area contributed by atoms with Gasteiger partial charge in [-0.2, -0.15) is 0 Å². The Morgan fingerprint density at radius 1 is 0.436 bits per heavy atom. The Morgan fingerprint density at radius 3 is 1.44 bits per heavy atom. The molecule has 0 unspecified atom stereocenters. The van der Waals surface area contributed by atoms with Crippen molar-refractivity contribution in [1.29, 1.82) is 0 Å². The fourth-order valence-corrected chi connectivity index (χ4v) is 4.35. The monoisotopic (exact) mass is 512 g/mol. The quantitative estimate of drug-likeness (QED) is 0.184. The molecule has 4 heteroatoms. The fraction of sp³-hybridized carbons (Fsp3) is 0.0857. The van der Waals surface area contributed by atoms with Gasteiger partial charge in [-0.05, 0) is 47.0 Å². The number of benzene rings is 5. The summed E-state index contributed by atoms with van der Waals surface area (Å²) in [6.45, 7) is 1.43. The number of fused-ring (bicyclic) bond motifs is 1. The molecule has 5 aromatic carbocycles. The van der Waals surface area contributed by atoms with E-state index in [4.69, 9.17) is 18.6 Å². The molecule has 0 saturated heterocycles. The summed E-state index contributed by atoms with van der Waals surface area (Å²) in [5, 5.41) is 0.999. The summed E-state index contributed by atoms with van der Waals surface area (Å²) in [4.78, 5) is 0. The summed E-state index contributed by atoms with van der Waals surface area (Å²) in [6, 6.07) is 44.2. The van der Waals surface area contributed by atoms with Crippen LogP contribution in [0.15, 0.2) is 138 Å². The molecule has 0 aliphatic carbocycles. The zero-order valence-corrected chi connectivity index (χ0v) is 21.5. The zero-order valence-electron chi connectivity index (χ0n) is 21.5. The van der Waals surface area contributed by atoms with Gasteiger partial charge in [0.05, 0.1) is 0 Å². The molecule has 6 aromatic rings. The standard InChI is InChI=1S/C35H28O4/c1-4-10-26(11-5-1)23-36-31-17-16-29-20-34(39-35(29)22-31)30-18-32(37-24-27-12-6-2-7-13-27)21-33(19-30)38-25-28-14-8-3-9-15-28/h1-22H,23-25H2. The number of rotatable bonds is 10. The first-order valence-corrected chi connectivity index (χ1v) is 13.0. The molecule has 0 fully saturated rings. The normalized spacial score (nSPS) is 10.9. The lowest BCUT2D eigenvalue weighted by molar-refractivity contribution is 0.290. The largest absolute Gasteiger partial charge is 0.489 e. The lowest BCUT2D eigenvalue weighted by atomic mass is 10.1. The summed E-state index contributed by atoms with van der Waals surface area (Å²) < 4.78 is 24.6. The molecule has 0 atom stereocenters. The maximum absolute atomic E-state index is 6.29. The first-order chi connectivity index (χ1) is 19.3. The van der Waals surface area contributed by atoms with Crippen molar-refractivity contribution in [2.45, 2.75) is 19.8 Å². The van der Waals surface area contributed by atoms with Gasteiger partial charge < -0.3 is 18.6 Å². The highest BCUT2D eigenvalue weighted by atomic mass is 16.5. The van der Waals surface area contributed by atoms with Gasteiger partial charge in [0.15, 0.2) is 0 Å². The molecule has 0 aliphatic heterocycles. The van der Waals surface area contributed by atoms with Crippen molar-refractivity contribution in [3.8, 4) is 28.6 Å². The Morgan fingerprint density at radius 2 is 0.923 bits per heavy atom. The van der Waals surface area contributed by atoms with Crippen LogP contribution in [0, 0.1) is 0 Å². The van der Waals surface area contributed by atoms with Crippen molar-refractivity contribution in [2.24, 2.45) is 0 Å². The third-order valence-electron chi connectivity index (χ3n) is 6.40. The van der Waals surface area contributed by atoms with Gasteiger partial charge in [0.2, 0.25) is 0 Å². The van der Waals surface area contributed by atoms with Crippen LogP contribution in [0.3, 0.4) is 0 Å². The van der Waals surface area contributed by atoms with E-state index in [0.717, 1.165) is 44.7 Å². The average Bonchev–Trinajstić information content (AvgIpc) is 3.43. The minimum absolute atomic E-state index is 0.463. The average molecular weight is 513 g/mol. The molecule has 4 nitrogen and oxygen atoms in total. The van der Waals surface area contributed by atoms with E-state index in [0.29, 0.717) is 31.3 Å². The summed E-state index contributed by atoms with van der Waals surface area (Å²) in [6.07, 6.45) is 0. The van der Waals surface area contributed by atoms with Crippen molar-refractivity contribution in [2.75, 3.05) is 0 Å². The SMILES string of the molecule is c1ccc(COc2cc(OCc3ccccc3)cc(-c3cc4ccc(OCc5ccccc5)cc4o3)c2)cc1. The van der Waals surface area contributed by atoms with Crippen molar-refractivity contribution in [3.63, 3.8) is 0 Å². The van der Waals surface area contributed by atoms with Crippen LogP contribution in [0.2, 0.25) is 0 Å². The molecule has 192 valence electrons. The van der Waals surface area contributed by atoms with Gasteiger partial charge in [-0.1, -0.05) is 91.0 Å². The molecule has 0 bridgehead atoms. The fourth-order valence-electron chi connectivity index (χ4n) is 4.35. The summed E-state index contributed by atoms with van der Waals surface area (Å²) in [7, 11) is 0. The van der Waals surface area contributed by atoms with E-state index in [2.05, 4.69) is 0 Å². The van der Waals surface area contributed by atoms with Crippen molar-refractivity contribution < 1.29 is 18.6 Å². The van der Waals surface area contributed by atoms with Crippen LogP contribution in [-0.4, -0.2) is 0 Å². The molecule has 0 amide bonds. The topological polar surface area (TPSA) is 40.8 Å². The zero-order chi connectivity index (χ0) is 26.3. The van der Waals surface area contributed by atoms with Crippen molar-refractivity contribution >= 4 is 11.0 Å². The minimum atomic E-state index is 0.463. The molecule has 1 heterocycles. The number of ether oxygens (including phenoxy) is 3. The van der Waals surface area contributed by atoms with E-state index in [1.54, 1.807) is 0 Å². The third kappa shape index (κ3) is 6.31. The van der Waals surface area contributed by atoms with Gasteiger partial charge >= 0.3 is 0 Å². The Balaban J connectivity index is 1.25. The highest BCUT2D eigenvalue weighted by Gasteiger charge is 2.12. The Kier molecular flexibility index (Phi) is 7.26. The highest BCUT2D eigenvalue weighted by molar-refractivity contribution is 5.84. The van der Waals surface area contributed by atoms with Crippen molar-refractivity contribution in [1.82, 2.24) is 0 Å². The number of furan rings is 1. The highest BCUT2D eigenvalue weighted by Crippen LogP contribution is 2.35. The molecule has 0 aliphatic rings. The summed E-state index contributed by atoms with van der Waals surface area (Å²) in [5.74, 6) is 2.93. The summed E-state index contributed by atoms with van der Waals surface area (Å²) >= 11 is 0. The minimum Gasteiger partial charge on any atom is -0.489 e. The summed E-state index contributed by atoms with van der Waals surface area (Å²) in [5.41, 5.74) is 4.96. The second-order valence-corrected chi connectivity index (χ2v) is 9.33. The molecular weight excluding hydrogens is 484 g/mol. The van der Waals surface area contributed by atoms with E-state index in [9.17, 15) is 0 Å². The lowest BCUT2D eigenvalue weighted by Gasteiger charge is -2.12. The first-order valence-electron chi connectivity index (χ1n) is 13.0. The maximum atomic E-state index is 6.29. The third-order valence-corrected chi connectivity index (χ3v) is 6.40. The second-order valence-electron chi connectivity index (χ2n) is 9.33. The molecule has 0 N–H and O–H groups in total. The van der Waals surface area contributed by atoms with E-state index in [-0.39, 0.29) is 0 Å². The molecule has 0 radical (unpaired) electrons. The van der Waals surface area contributed by atoms with Gasteiger partial charge in [0.25, 0.3) is 0 Å². The molecule has 1 aromatic heterocycles. The maximum Gasteiger partial charge on any atom is 0.138 e. The molecule has 6 rings (SSSR count). The van der Waals surface area contributed by atoms with E-state index >= 15 is 0 Å². The van der Waals surface area contributed by atoms with Gasteiger partial charge in [-0.3, -0.25) is 0 Å². The Hall–Kier alpha value is -4.96. The molecule has 0 spiro atoms. The predicted octanol–water partition coefficient (Wildman–Crippen LogP) is 8.84. The van der Waals surface area contributed by atoms with E-state index in [1.165, 1.54) is 0 Å². The number of hydrogen-bond donors (Lipinski definition) is 0. The van der Waals surface area contributed by atoms with Crippen LogP contribution < -0.4 is 14.2 Å². The Bertz CT molecular complexity index is 1580.